The Bertz CT molecular complexity index is 424. The maximum Gasteiger partial charge on any atom is 0.339 e. The minimum atomic E-state index is -1.25. The highest BCUT2D eigenvalue weighted by molar-refractivity contribution is 6.29. The number of hydrogen-bond donors (Lipinski definition) is 1. The number of hydrogen-bond acceptors (Lipinski definition) is 3. The van der Waals surface area contributed by atoms with E-state index in [2.05, 4.69) is 4.98 Å². The summed E-state index contributed by atoms with van der Waals surface area (Å²) in [6.45, 7) is 1.20. The zero-order chi connectivity index (χ0) is 11.4. The molecular weight excluding hydrogens is 218 g/mol. The van der Waals surface area contributed by atoms with E-state index in [1.165, 1.54) is 25.3 Å². The van der Waals surface area contributed by atoms with Gasteiger partial charge in [0.1, 0.15) is 10.7 Å². The second-order valence-electron chi connectivity index (χ2n) is 2.83. The Hall–Kier alpha value is -1.68. The van der Waals surface area contributed by atoms with Crippen LogP contribution in [0.25, 0.3) is 6.08 Å². The molecule has 0 aliphatic rings. The summed E-state index contributed by atoms with van der Waals surface area (Å²) in [5.74, 6) is -1.76. The van der Waals surface area contributed by atoms with Crippen molar-refractivity contribution in [1.82, 2.24) is 4.98 Å². The molecule has 0 saturated carbocycles. The first-order valence-electron chi connectivity index (χ1n) is 4.08. The first kappa shape index (κ1) is 11.4. The molecule has 1 heterocycles. The Morgan fingerprint density at radius 1 is 1.53 bits per heavy atom. The molecule has 0 unspecified atom stereocenters. The molecule has 1 aromatic rings. The largest absolute Gasteiger partial charge is 0.478 e. The van der Waals surface area contributed by atoms with Gasteiger partial charge in [0.25, 0.3) is 0 Å². The van der Waals surface area contributed by atoms with Crippen molar-refractivity contribution >= 4 is 29.4 Å². The predicted octanol–water partition coefficient (Wildman–Crippen LogP) is 1.79. The second kappa shape index (κ2) is 4.70. The van der Waals surface area contributed by atoms with Crippen LogP contribution >= 0.6 is 11.6 Å². The molecule has 0 atom stereocenters. The van der Waals surface area contributed by atoms with Gasteiger partial charge in [-0.15, -0.1) is 0 Å². The van der Waals surface area contributed by atoms with Crippen molar-refractivity contribution in [2.45, 2.75) is 6.92 Å². The number of rotatable bonds is 3. The van der Waals surface area contributed by atoms with Crippen LogP contribution in [0.2, 0.25) is 5.15 Å². The molecule has 0 fully saturated rings. The van der Waals surface area contributed by atoms with Gasteiger partial charge in [0.05, 0.1) is 0 Å². The summed E-state index contributed by atoms with van der Waals surface area (Å²) in [5, 5.41) is 8.98. The van der Waals surface area contributed by atoms with E-state index in [1.807, 2.05) is 0 Å². The van der Waals surface area contributed by atoms with E-state index in [-0.39, 0.29) is 10.7 Å². The molecule has 1 aromatic heterocycles. The lowest BCUT2D eigenvalue weighted by Crippen LogP contribution is -2.08. The van der Waals surface area contributed by atoms with Crippen molar-refractivity contribution in [2.75, 3.05) is 0 Å². The summed E-state index contributed by atoms with van der Waals surface area (Å²) in [5.41, 5.74) is 0.250. The van der Waals surface area contributed by atoms with Crippen LogP contribution in [-0.4, -0.2) is 21.8 Å². The van der Waals surface area contributed by atoms with Crippen molar-refractivity contribution < 1.29 is 14.7 Å². The number of pyridine rings is 1. The number of carbonyl (C=O) groups excluding carboxylic acids is 1. The van der Waals surface area contributed by atoms with Crippen molar-refractivity contribution in [3.63, 3.8) is 0 Å². The van der Waals surface area contributed by atoms with Crippen LogP contribution < -0.4 is 0 Å². The quantitative estimate of drug-likeness (QED) is 0.369. The van der Waals surface area contributed by atoms with Crippen LogP contribution in [0, 0.1) is 0 Å². The van der Waals surface area contributed by atoms with Crippen LogP contribution in [0.3, 0.4) is 0 Å². The molecule has 0 radical (unpaired) electrons. The fourth-order valence-corrected chi connectivity index (χ4v) is 1.17. The number of carboxylic acids is 1. The Balaban J connectivity index is 3.13. The maximum absolute atomic E-state index is 11.0. The summed E-state index contributed by atoms with van der Waals surface area (Å²) in [4.78, 5) is 25.4. The van der Waals surface area contributed by atoms with Gasteiger partial charge in [-0.2, -0.15) is 0 Å². The van der Waals surface area contributed by atoms with Gasteiger partial charge in [0.15, 0.2) is 5.78 Å². The number of halogens is 1. The average molecular weight is 226 g/mol. The van der Waals surface area contributed by atoms with E-state index in [0.29, 0.717) is 5.56 Å². The van der Waals surface area contributed by atoms with Crippen LogP contribution in [0.4, 0.5) is 0 Å². The Labute approximate surface area is 91.2 Å². The van der Waals surface area contributed by atoms with Crippen LogP contribution in [0.1, 0.15) is 12.5 Å². The molecule has 5 heteroatoms. The van der Waals surface area contributed by atoms with Gasteiger partial charge in [0, 0.05) is 6.20 Å². The summed E-state index contributed by atoms with van der Waals surface area (Å²) in [6, 6.07) is 3.05. The van der Waals surface area contributed by atoms with E-state index >= 15 is 0 Å². The molecule has 1 N–H and O–H groups in total. The second-order valence-corrected chi connectivity index (χ2v) is 3.22. The minimum Gasteiger partial charge on any atom is -0.478 e. The standard InChI is InChI=1S/C10H8ClNO3/c1-6(13)8(10(14)15)4-7-2-3-12-9(11)5-7/h2-5H,1H3,(H,14,15). The number of Topliss-reactive ketones (excluding diaryl/α,β-unsaturated/α-hetero) is 1. The highest BCUT2D eigenvalue weighted by Gasteiger charge is 2.12. The van der Waals surface area contributed by atoms with Gasteiger partial charge >= 0.3 is 5.97 Å². The molecule has 0 amide bonds. The summed E-state index contributed by atoms with van der Waals surface area (Å²) >= 11 is 5.61. The molecule has 4 nitrogen and oxygen atoms in total. The Morgan fingerprint density at radius 3 is 2.67 bits per heavy atom. The summed E-state index contributed by atoms with van der Waals surface area (Å²) < 4.78 is 0. The van der Waals surface area contributed by atoms with Crippen molar-refractivity contribution in [3.8, 4) is 0 Å². The number of carbonyl (C=O) groups is 2. The van der Waals surface area contributed by atoms with Crippen LogP contribution in [0.15, 0.2) is 23.9 Å². The molecule has 1 rings (SSSR count). The first-order chi connectivity index (χ1) is 7.00. The van der Waals surface area contributed by atoms with E-state index in [4.69, 9.17) is 16.7 Å². The van der Waals surface area contributed by atoms with Crippen molar-refractivity contribution in [2.24, 2.45) is 0 Å². The molecular formula is C10H8ClNO3. The zero-order valence-electron chi connectivity index (χ0n) is 7.90. The third-order valence-electron chi connectivity index (χ3n) is 1.67. The lowest BCUT2D eigenvalue weighted by atomic mass is 10.1. The SMILES string of the molecule is CC(=O)C(=Cc1ccnc(Cl)c1)C(=O)O. The first-order valence-corrected chi connectivity index (χ1v) is 4.46. The zero-order valence-corrected chi connectivity index (χ0v) is 8.65. The third kappa shape index (κ3) is 3.18. The number of carboxylic acid groups (broad SMARTS) is 1. The predicted molar refractivity (Wildman–Crippen MR) is 55.5 cm³/mol. The van der Waals surface area contributed by atoms with Gasteiger partial charge in [-0.3, -0.25) is 4.79 Å². The van der Waals surface area contributed by atoms with Gasteiger partial charge in [-0.1, -0.05) is 11.6 Å². The van der Waals surface area contributed by atoms with Gasteiger partial charge < -0.3 is 5.11 Å². The topological polar surface area (TPSA) is 67.3 Å². The molecule has 15 heavy (non-hydrogen) atoms. The Kier molecular flexibility index (Phi) is 3.57. The molecule has 0 saturated heterocycles. The van der Waals surface area contributed by atoms with E-state index in [1.54, 1.807) is 6.07 Å². The number of ketones is 1. The minimum absolute atomic E-state index is 0.247. The number of aromatic nitrogens is 1. The molecule has 0 aliphatic heterocycles. The number of nitrogens with zero attached hydrogens (tertiary/aromatic N) is 1. The highest BCUT2D eigenvalue weighted by Crippen LogP contribution is 2.11. The van der Waals surface area contributed by atoms with Crippen LogP contribution in [-0.2, 0) is 9.59 Å². The lowest BCUT2D eigenvalue weighted by Gasteiger charge is -1.97. The lowest BCUT2D eigenvalue weighted by molar-refractivity contribution is -0.134. The fourth-order valence-electron chi connectivity index (χ4n) is 0.988. The Morgan fingerprint density at radius 2 is 2.20 bits per heavy atom. The summed E-state index contributed by atoms with van der Waals surface area (Å²) in [7, 11) is 0. The molecule has 0 bridgehead atoms. The summed E-state index contributed by atoms with van der Waals surface area (Å²) in [6.07, 6.45) is 2.70. The van der Waals surface area contributed by atoms with E-state index in [9.17, 15) is 9.59 Å². The van der Waals surface area contributed by atoms with E-state index < -0.39 is 11.8 Å². The number of aliphatic carboxylic acids is 1. The van der Waals surface area contributed by atoms with Gasteiger partial charge in [-0.25, -0.2) is 9.78 Å². The average Bonchev–Trinajstić information content (AvgIpc) is 2.13. The fraction of sp³-hybridized carbons (Fsp3) is 0.100. The van der Waals surface area contributed by atoms with Gasteiger partial charge in [-0.05, 0) is 30.7 Å². The highest BCUT2D eigenvalue weighted by atomic mass is 35.5. The molecule has 0 aliphatic carbocycles. The van der Waals surface area contributed by atoms with E-state index in [0.717, 1.165) is 0 Å². The normalized spacial score (nSPS) is 11.2. The molecule has 0 spiro atoms. The third-order valence-corrected chi connectivity index (χ3v) is 1.88. The maximum atomic E-state index is 11.0. The van der Waals surface area contributed by atoms with Crippen LogP contribution in [0.5, 0.6) is 0 Å². The molecule has 0 aromatic carbocycles. The molecule has 78 valence electrons. The smallest absolute Gasteiger partial charge is 0.339 e. The van der Waals surface area contributed by atoms with Crippen molar-refractivity contribution in [3.05, 3.63) is 34.6 Å². The van der Waals surface area contributed by atoms with Crippen molar-refractivity contribution in [1.29, 1.82) is 0 Å². The monoisotopic (exact) mass is 225 g/mol. The van der Waals surface area contributed by atoms with Gasteiger partial charge in [0.2, 0.25) is 0 Å².